The van der Waals surface area contributed by atoms with Gasteiger partial charge in [-0.25, -0.2) is 0 Å². The minimum absolute atomic E-state index is 0.0844. The van der Waals surface area contributed by atoms with Crippen molar-refractivity contribution in [2.75, 3.05) is 19.0 Å². The molecule has 14 heavy (non-hydrogen) atoms. The molecule has 0 atom stereocenters. The lowest BCUT2D eigenvalue weighted by molar-refractivity contribution is -0.136. The van der Waals surface area contributed by atoms with E-state index in [2.05, 4.69) is 0 Å². The molecule has 0 heterocycles. The normalized spacial score (nSPS) is 9.93. The number of hydrogen-bond acceptors (Lipinski definition) is 2. The summed E-state index contributed by atoms with van der Waals surface area (Å²) in [6.45, 7) is 2.01. The van der Waals surface area contributed by atoms with Gasteiger partial charge in [-0.05, 0) is 24.1 Å². The van der Waals surface area contributed by atoms with Crippen LogP contribution in [0.4, 0.5) is 5.69 Å². The molecule has 0 unspecified atom stereocenters. The maximum Gasteiger partial charge on any atom is 0.307 e. The van der Waals surface area contributed by atoms with Crippen molar-refractivity contribution in [1.82, 2.24) is 0 Å². The Labute approximate surface area is 84.0 Å². The molecule has 0 aliphatic rings. The SMILES string of the molecule is Cc1ccc(CC(=O)O)cc1N(C)C. The van der Waals surface area contributed by atoms with Crippen LogP contribution in [0.15, 0.2) is 18.2 Å². The zero-order valence-corrected chi connectivity index (χ0v) is 8.74. The van der Waals surface area contributed by atoms with E-state index in [9.17, 15) is 4.79 Å². The second-order valence-corrected chi connectivity index (χ2v) is 3.59. The number of aliphatic carboxylic acids is 1. The van der Waals surface area contributed by atoms with Gasteiger partial charge in [0, 0.05) is 19.8 Å². The Kier molecular flexibility index (Phi) is 3.12. The van der Waals surface area contributed by atoms with Gasteiger partial charge in [-0.15, -0.1) is 0 Å². The molecule has 0 spiro atoms. The van der Waals surface area contributed by atoms with E-state index in [1.807, 2.05) is 44.1 Å². The van der Waals surface area contributed by atoms with Crippen LogP contribution in [0, 0.1) is 6.92 Å². The number of hydrogen-bond donors (Lipinski definition) is 1. The third-order valence-electron chi connectivity index (χ3n) is 2.11. The summed E-state index contributed by atoms with van der Waals surface area (Å²) in [6, 6.07) is 5.73. The van der Waals surface area contributed by atoms with E-state index in [0.29, 0.717) is 0 Å². The van der Waals surface area contributed by atoms with E-state index < -0.39 is 5.97 Å². The largest absolute Gasteiger partial charge is 0.481 e. The summed E-state index contributed by atoms with van der Waals surface area (Å²) in [5.74, 6) is -0.793. The topological polar surface area (TPSA) is 40.5 Å². The third-order valence-corrected chi connectivity index (χ3v) is 2.11. The third kappa shape index (κ3) is 2.49. The molecule has 0 aliphatic heterocycles. The van der Waals surface area contributed by atoms with Gasteiger partial charge in [0.25, 0.3) is 0 Å². The van der Waals surface area contributed by atoms with Crippen LogP contribution in [0.1, 0.15) is 11.1 Å². The van der Waals surface area contributed by atoms with Gasteiger partial charge in [0.2, 0.25) is 0 Å². The van der Waals surface area contributed by atoms with Crippen LogP contribution in [0.3, 0.4) is 0 Å². The molecule has 3 heteroatoms. The van der Waals surface area contributed by atoms with Gasteiger partial charge in [0.05, 0.1) is 6.42 Å². The summed E-state index contributed by atoms with van der Waals surface area (Å²) < 4.78 is 0. The van der Waals surface area contributed by atoms with Crippen molar-refractivity contribution in [3.05, 3.63) is 29.3 Å². The predicted molar refractivity (Wildman–Crippen MR) is 56.8 cm³/mol. The molecule has 1 aromatic carbocycles. The first-order chi connectivity index (χ1) is 6.50. The Hall–Kier alpha value is -1.51. The number of rotatable bonds is 3. The van der Waals surface area contributed by atoms with Crippen molar-refractivity contribution >= 4 is 11.7 Å². The minimum atomic E-state index is -0.793. The molecule has 76 valence electrons. The van der Waals surface area contributed by atoms with Gasteiger partial charge in [-0.1, -0.05) is 12.1 Å². The number of nitrogens with zero attached hydrogens (tertiary/aromatic N) is 1. The number of aryl methyl sites for hydroxylation is 1. The number of carboxylic acid groups (broad SMARTS) is 1. The molecular weight excluding hydrogens is 178 g/mol. The minimum Gasteiger partial charge on any atom is -0.481 e. The fourth-order valence-electron chi connectivity index (χ4n) is 1.42. The number of benzene rings is 1. The number of carboxylic acids is 1. The lowest BCUT2D eigenvalue weighted by Gasteiger charge is -2.16. The summed E-state index contributed by atoms with van der Waals surface area (Å²) in [5.41, 5.74) is 3.07. The van der Waals surface area contributed by atoms with Crippen LogP contribution in [-0.4, -0.2) is 25.2 Å². The quantitative estimate of drug-likeness (QED) is 0.794. The summed E-state index contributed by atoms with van der Waals surface area (Å²) in [5, 5.41) is 8.65. The highest BCUT2D eigenvalue weighted by Gasteiger charge is 2.05. The van der Waals surface area contributed by atoms with E-state index in [4.69, 9.17) is 5.11 Å². The van der Waals surface area contributed by atoms with Crippen molar-refractivity contribution in [3.63, 3.8) is 0 Å². The van der Waals surface area contributed by atoms with Crippen LogP contribution in [0.25, 0.3) is 0 Å². The highest BCUT2D eigenvalue weighted by molar-refractivity contribution is 5.71. The standard InChI is InChI=1S/C11H15NO2/c1-8-4-5-9(7-11(13)14)6-10(8)12(2)3/h4-6H,7H2,1-3H3,(H,13,14). The molecule has 1 N–H and O–H groups in total. The zero-order chi connectivity index (χ0) is 10.7. The fourth-order valence-corrected chi connectivity index (χ4v) is 1.42. The van der Waals surface area contributed by atoms with Crippen LogP contribution >= 0.6 is 0 Å². The smallest absolute Gasteiger partial charge is 0.307 e. The first kappa shape index (κ1) is 10.6. The average molecular weight is 193 g/mol. The lowest BCUT2D eigenvalue weighted by Crippen LogP contribution is -2.11. The maximum atomic E-state index is 10.5. The average Bonchev–Trinajstić information content (AvgIpc) is 2.07. The summed E-state index contributed by atoms with van der Waals surface area (Å²) in [7, 11) is 3.90. The van der Waals surface area contributed by atoms with Crippen LogP contribution in [-0.2, 0) is 11.2 Å². The van der Waals surface area contributed by atoms with Crippen molar-refractivity contribution in [3.8, 4) is 0 Å². The van der Waals surface area contributed by atoms with E-state index in [0.717, 1.165) is 16.8 Å². The lowest BCUT2D eigenvalue weighted by atomic mass is 10.1. The van der Waals surface area contributed by atoms with Gasteiger partial charge in [-0.2, -0.15) is 0 Å². The van der Waals surface area contributed by atoms with Crippen molar-refractivity contribution in [2.45, 2.75) is 13.3 Å². The molecule has 1 aromatic rings. The first-order valence-electron chi connectivity index (χ1n) is 4.49. The molecule has 0 aromatic heterocycles. The number of carbonyl (C=O) groups is 1. The monoisotopic (exact) mass is 193 g/mol. The van der Waals surface area contributed by atoms with Gasteiger partial charge >= 0.3 is 5.97 Å². The molecule has 0 radical (unpaired) electrons. The molecule has 0 fully saturated rings. The van der Waals surface area contributed by atoms with Gasteiger partial charge in [-0.3, -0.25) is 4.79 Å². The first-order valence-corrected chi connectivity index (χ1v) is 4.49. The van der Waals surface area contributed by atoms with Gasteiger partial charge in [0.15, 0.2) is 0 Å². The zero-order valence-electron chi connectivity index (χ0n) is 8.74. The Morgan fingerprint density at radius 3 is 2.57 bits per heavy atom. The Morgan fingerprint density at radius 1 is 1.43 bits per heavy atom. The summed E-state index contributed by atoms with van der Waals surface area (Å²) >= 11 is 0. The van der Waals surface area contributed by atoms with Gasteiger partial charge < -0.3 is 10.0 Å². The second-order valence-electron chi connectivity index (χ2n) is 3.59. The molecular formula is C11H15NO2. The van der Waals surface area contributed by atoms with Crippen molar-refractivity contribution in [1.29, 1.82) is 0 Å². The van der Waals surface area contributed by atoms with Crippen LogP contribution in [0.2, 0.25) is 0 Å². The van der Waals surface area contributed by atoms with Crippen molar-refractivity contribution < 1.29 is 9.90 Å². The molecule has 0 bridgehead atoms. The van der Waals surface area contributed by atoms with E-state index in [1.54, 1.807) is 0 Å². The van der Waals surface area contributed by atoms with Crippen LogP contribution in [0.5, 0.6) is 0 Å². The van der Waals surface area contributed by atoms with E-state index >= 15 is 0 Å². The second kappa shape index (κ2) is 4.13. The molecule has 3 nitrogen and oxygen atoms in total. The maximum absolute atomic E-state index is 10.5. The van der Waals surface area contributed by atoms with E-state index in [1.165, 1.54) is 0 Å². The van der Waals surface area contributed by atoms with Crippen LogP contribution < -0.4 is 4.90 Å². The van der Waals surface area contributed by atoms with Gasteiger partial charge in [0.1, 0.15) is 0 Å². The molecule has 1 rings (SSSR count). The predicted octanol–water partition coefficient (Wildman–Crippen LogP) is 1.69. The fraction of sp³-hybridized carbons (Fsp3) is 0.364. The summed E-state index contributed by atoms with van der Waals surface area (Å²) in [4.78, 5) is 12.5. The Bertz CT molecular complexity index is 345. The molecule has 0 amide bonds. The molecule has 0 saturated heterocycles. The number of anilines is 1. The Morgan fingerprint density at radius 2 is 2.07 bits per heavy atom. The molecule has 0 saturated carbocycles. The highest BCUT2D eigenvalue weighted by atomic mass is 16.4. The highest BCUT2D eigenvalue weighted by Crippen LogP contribution is 2.19. The van der Waals surface area contributed by atoms with Crippen molar-refractivity contribution in [2.24, 2.45) is 0 Å². The van der Waals surface area contributed by atoms with E-state index in [-0.39, 0.29) is 6.42 Å². The molecule has 0 aliphatic carbocycles. The summed E-state index contributed by atoms with van der Waals surface area (Å²) in [6.07, 6.45) is 0.0844. The Balaban J connectivity index is 3.00.